The van der Waals surface area contributed by atoms with E-state index in [0.717, 1.165) is 78.0 Å². The number of hydrogen-bond donors (Lipinski definition) is 0. The minimum Gasteiger partial charge on any atom is -0.203 e. The lowest BCUT2D eigenvalue weighted by Gasteiger charge is -2.42. The van der Waals surface area contributed by atoms with Gasteiger partial charge in [-0.05, 0) is 109 Å². The monoisotopic (exact) mass is 602 g/mol. The molecule has 4 aromatic carbocycles. The molecule has 0 saturated heterocycles. The number of hydrogen-bond acceptors (Lipinski definition) is 3. The maximum absolute atomic E-state index is 14.3. The Bertz CT molecular complexity index is 1440. The van der Waals surface area contributed by atoms with Gasteiger partial charge in [-0.3, -0.25) is 0 Å². The fraction of sp³-hybridized carbons (Fsp3) is 0.351. The van der Waals surface area contributed by atoms with Crippen LogP contribution in [-0.4, -0.2) is 8.42 Å². The molecule has 0 atom stereocenters. The standard InChI is InChI=1S/C37H46O3S2/c1-5-8-17-31-28-32(18-9-6-2)37(33(29-31)19-10-7-3)41(34-20-13-11-14-21-34,35-22-15-12-16-23-35)40-42(38,39)36-26-24-30(4)25-27-36/h11-16,20-29H,5-10,17-19H2,1-4H3. The molecule has 0 bridgehead atoms. The van der Waals surface area contributed by atoms with Crippen LogP contribution in [0.5, 0.6) is 0 Å². The second-order valence-electron chi connectivity index (χ2n) is 11.1. The summed E-state index contributed by atoms with van der Waals surface area (Å²) in [6, 6.07) is 31.8. The van der Waals surface area contributed by atoms with Gasteiger partial charge in [-0.1, -0.05) is 106 Å². The van der Waals surface area contributed by atoms with Crippen molar-refractivity contribution in [2.45, 2.75) is 105 Å². The highest BCUT2D eigenvalue weighted by molar-refractivity contribution is 8.33. The Morgan fingerprint density at radius 1 is 0.571 bits per heavy atom. The highest BCUT2D eigenvalue weighted by Gasteiger charge is 2.41. The quantitative estimate of drug-likeness (QED) is 0.136. The van der Waals surface area contributed by atoms with E-state index in [1.54, 1.807) is 12.1 Å². The van der Waals surface area contributed by atoms with Crippen molar-refractivity contribution in [1.82, 2.24) is 0 Å². The molecular weight excluding hydrogens is 557 g/mol. The van der Waals surface area contributed by atoms with E-state index in [1.165, 1.54) is 16.7 Å². The van der Waals surface area contributed by atoms with Gasteiger partial charge in [0.2, 0.25) is 0 Å². The van der Waals surface area contributed by atoms with Crippen molar-refractivity contribution in [3.05, 3.63) is 119 Å². The van der Waals surface area contributed by atoms with Crippen LogP contribution in [0.15, 0.2) is 117 Å². The predicted molar refractivity (Wildman–Crippen MR) is 177 cm³/mol. The zero-order valence-electron chi connectivity index (χ0n) is 25.6. The molecule has 4 rings (SSSR count). The van der Waals surface area contributed by atoms with Crippen LogP contribution in [0.4, 0.5) is 0 Å². The molecule has 3 nitrogen and oxygen atoms in total. The first-order valence-corrected chi connectivity index (χ1v) is 18.4. The normalized spacial score (nSPS) is 12.4. The Morgan fingerprint density at radius 3 is 1.48 bits per heavy atom. The van der Waals surface area contributed by atoms with Crippen LogP contribution in [-0.2, 0) is 33.0 Å². The smallest absolute Gasteiger partial charge is 0.203 e. The van der Waals surface area contributed by atoms with Crippen LogP contribution in [0, 0.1) is 6.92 Å². The van der Waals surface area contributed by atoms with Crippen molar-refractivity contribution >= 4 is 20.4 Å². The summed E-state index contributed by atoms with van der Waals surface area (Å²) >= 11 is 0. The predicted octanol–water partition coefficient (Wildman–Crippen LogP) is 10.6. The summed E-state index contributed by atoms with van der Waals surface area (Å²) in [4.78, 5) is 3.03. The fourth-order valence-corrected chi connectivity index (χ4v) is 11.1. The van der Waals surface area contributed by atoms with Crippen LogP contribution in [0.3, 0.4) is 0 Å². The van der Waals surface area contributed by atoms with Crippen molar-refractivity contribution in [2.24, 2.45) is 0 Å². The topological polar surface area (TPSA) is 43.4 Å². The summed E-state index contributed by atoms with van der Waals surface area (Å²) in [5, 5.41) is 0. The maximum Gasteiger partial charge on any atom is 0.307 e. The van der Waals surface area contributed by atoms with Crippen LogP contribution < -0.4 is 0 Å². The lowest BCUT2D eigenvalue weighted by Crippen LogP contribution is -2.18. The molecule has 0 saturated carbocycles. The zero-order chi connectivity index (χ0) is 30.0. The van der Waals surface area contributed by atoms with Crippen molar-refractivity contribution in [2.75, 3.05) is 0 Å². The molecule has 0 spiro atoms. The van der Waals surface area contributed by atoms with E-state index >= 15 is 0 Å². The lowest BCUT2D eigenvalue weighted by atomic mass is 9.96. The lowest BCUT2D eigenvalue weighted by molar-refractivity contribution is 0.507. The van der Waals surface area contributed by atoms with Crippen molar-refractivity contribution in [1.29, 1.82) is 0 Å². The van der Waals surface area contributed by atoms with Crippen LogP contribution in [0.1, 0.15) is 81.5 Å². The van der Waals surface area contributed by atoms with Crippen molar-refractivity contribution in [3.63, 3.8) is 0 Å². The third-order valence-electron chi connectivity index (χ3n) is 7.66. The molecule has 0 aliphatic rings. The van der Waals surface area contributed by atoms with Gasteiger partial charge in [0.05, 0.1) is 4.90 Å². The van der Waals surface area contributed by atoms with Gasteiger partial charge in [-0.25, -0.2) is 3.63 Å². The molecule has 0 heterocycles. The molecule has 224 valence electrons. The average Bonchev–Trinajstić information content (AvgIpc) is 3.01. The second-order valence-corrected chi connectivity index (χ2v) is 15.5. The zero-order valence-corrected chi connectivity index (χ0v) is 27.3. The van der Waals surface area contributed by atoms with E-state index in [-0.39, 0.29) is 4.90 Å². The molecule has 0 unspecified atom stereocenters. The molecule has 0 aliphatic heterocycles. The summed E-state index contributed by atoms with van der Waals surface area (Å²) in [5.74, 6) is 0. The Balaban J connectivity index is 2.12. The molecule has 0 N–H and O–H groups in total. The first-order valence-electron chi connectivity index (χ1n) is 15.5. The molecule has 42 heavy (non-hydrogen) atoms. The largest absolute Gasteiger partial charge is 0.307 e. The molecule has 5 heteroatoms. The fourth-order valence-electron chi connectivity index (χ4n) is 5.41. The van der Waals surface area contributed by atoms with Gasteiger partial charge in [0.25, 0.3) is 0 Å². The van der Waals surface area contributed by atoms with E-state index in [0.29, 0.717) is 0 Å². The Labute approximate surface area is 256 Å². The number of unbranched alkanes of at least 4 members (excludes halogenated alkanes) is 3. The first kappa shape index (κ1) is 32.1. The van der Waals surface area contributed by atoms with E-state index in [2.05, 4.69) is 32.9 Å². The van der Waals surface area contributed by atoms with Gasteiger partial charge in [0.1, 0.15) is 0 Å². The number of benzene rings is 4. The van der Waals surface area contributed by atoms with E-state index in [1.807, 2.05) is 79.7 Å². The minimum absolute atomic E-state index is 0.182. The van der Waals surface area contributed by atoms with Gasteiger partial charge < -0.3 is 0 Å². The second kappa shape index (κ2) is 15.0. The van der Waals surface area contributed by atoms with Gasteiger partial charge in [-0.2, -0.15) is 8.42 Å². The van der Waals surface area contributed by atoms with E-state index in [4.69, 9.17) is 3.63 Å². The number of rotatable bonds is 15. The minimum atomic E-state index is -4.14. The highest BCUT2D eigenvalue weighted by atomic mass is 32.3. The van der Waals surface area contributed by atoms with Gasteiger partial charge >= 0.3 is 10.1 Å². The van der Waals surface area contributed by atoms with Crippen LogP contribution >= 0.6 is 10.3 Å². The average molecular weight is 603 g/mol. The third kappa shape index (κ3) is 7.37. The summed E-state index contributed by atoms with van der Waals surface area (Å²) in [5.41, 5.74) is 4.79. The molecule has 4 aromatic rings. The summed E-state index contributed by atoms with van der Waals surface area (Å²) in [6.07, 6.45) is 9.24. The summed E-state index contributed by atoms with van der Waals surface area (Å²) < 4.78 is 35.5. The molecular formula is C37H46O3S2. The number of aryl methyl sites for hydroxylation is 4. The van der Waals surface area contributed by atoms with Crippen molar-refractivity contribution < 1.29 is 12.0 Å². The molecule has 0 aromatic heterocycles. The van der Waals surface area contributed by atoms with Crippen molar-refractivity contribution in [3.8, 4) is 0 Å². The van der Waals surface area contributed by atoms with E-state index < -0.39 is 20.4 Å². The third-order valence-corrected chi connectivity index (χ3v) is 13.0. The van der Waals surface area contributed by atoms with Crippen LogP contribution in [0.25, 0.3) is 0 Å². The van der Waals surface area contributed by atoms with Gasteiger partial charge in [0.15, 0.2) is 0 Å². The molecule has 0 aliphatic carbocycles. The Kier molecular flexibility index (Phi) is 11.5. The Hall–Kier alpha value is -2.86. The Morgan fingerprint density at radius 2 is 1.02 bits per heavy atom. The molecule has 0 radical (unpaired) electrons. The highest BCUT2D eigenvalue weighted by Crippen LogP contribution is 2.72. The summed E-state index contributed by atoms with van der Waals surface area (Å²) in [6.45, 7) is 8.62. The molecule has 0 amide bonds. The maximum atomic E-state index is 14.3. The summed E-state index contributed by atoms with van der Waals surface area (Å²) in [7, 11) is -6.84. The molecule has 0 fully saturated rings. The van der Waals surface area contributed by atoms with Crippen LogP contribution in [0.2, 0.25) is 0 Å². The van der Waals surface area contributed by atoms with Gasteiger partial charge in [0, 0.05) is 14.7 Å². The first-order chi connectivity index (χ1) is 20.4. The van der Waals surface area contributed by atoms with E-state index in [9.17, 15) is 8.42 Å². The SMILES string of the molecule is CCCCc1cc(CCCC)c(S(OS(=O)(=O)c2ccc(C)cc2)(c2ccccc2)c2ccccc2)c(CCCC)c1. The van der Waals surface area contributed by atoms with Gasteiger partial charge in [-0.15, -0.1) is 0 Å².